The van der Waals surface area contributed by atoms with Gasteiger partial charge in [0.15, 0.2) is 0 Å². The first-order valence-electron chi connectivity index (χ1n) is 5.77. The van der Waals surface area contributed by atoms with Gasteiger partial charge in [0.25, 0.3) is 5.91 Å². The highest BCUT2D eigenvalue weighted by Gasteiger charge is 2.08. The molecule has 2 amide bonds. The number of nitrogens with one attached hydrogen (secondary N) is 2. The van der Waals surface area contributed by atoms with Crippen LogP contribution in [0.15, 0.2) is 24.3 Å². The molecule has 0 saturated heterocycles. The topological polar surface area (TPSA) is 61.4 Å². The third kappa shape index (κ3) is 4.97. The van der Waals surface area contributed by atoms with Crippen LogP contribution in [0.1, 0.15) is 18.1 Å². The van der Waals surface area contributed by atoms with Crippen molar-refractivity contribution in [1.82, 2.24) is 15.8 Å². The molecule has 0 aliphatic carbocycles. The second-order valence-electron chi connectivity index (χ2n) is 4.33. The van der Waals surface area contributed by atoms with Crippen molar-refractivity contribution in [2.45, 2.75) is 20.4 Å². The molecule has 1 rings (SSSR count). The van der Waals surface area contributed by atoms with Crippen LogP contribution in [0.2, 0.25) is 0 Å². The van der Waals surface area contributed by atoms with Gasteiger partial charge in [0, 0.05) is 13.5 Å². The Balaban J connectivity index is 2.42. The monoisotopic (exact) mass is 249 g/mol. The Morgan fingerprint density at radius 1 is 1.22 bits per heavy atom. The van der Waals surface area contributed by atoms with Crippen LogP contribution >= 0.6 is 0 Å². The summed E-state index contributed by atoms with van der Waals surface area (Å²) in [7, 11) is 1.86. The first-order chi connectivity index (χ1) is 8.49. The number of carbonyl (C=O) groups excluding carboxylic acids is 2. The third-order valence-electron chi connectivity index (χ3n) is 2.49. The number of benzene rings is 1. The predicted octanol–water partition coefficient (Wildman–Crippen LogP) is 0.594. The maximum atomic E-state index is 11.5. The van der Waals surface area contributed by atoms with E-state index in [1.54, 1.807) is 0 Å². The third-order valence-corrected chi connectivity index (χ3v) is 2.49. The fourth-order valence-electron chi connectivity index (χ4n) is 1.58. The molecule has 0 aromatic heterocycles. The summed E-state index contributed by atoms with van der Waals surface area (Å²) in [6.45, 7) is 4.31. The van der Waals surface area contributed by atoms with Gasteiger partial charge in [-0.05, 0) is 25.1 Å². The minimum atomic E-state index is -0.287. The average Bonchev–Trinajstić information content (AvgIpc) is 2.29. The van der Waals surface area contributed by atoms with Crippen LogP contribution in [0.5, 0.6) is 0 Å². The normalized spacial score (nSPS) is 10.2. The summed E-state index contributed by atoms with van der Waals surface area (Å²) < 4.78 is 0. The van der Waals surface area contributed by atoms with Gasteiger partial charge in [-0.15, -0.1) is 0 Å². The fourth-order valence-corrected chi connectivity index (χ4v) is 1.58. The average molecular weight is 249 g/mol. The van der Waals surface area contributed by atoms with Crippen molar-refractivity contribution in [3.8, 4) is 0 Å². The van der Waals surface area contributed by atoms with Crippen LogP contribution in [0.25, 0.3) is 0 Å². The second kappa shape index (κ2) is 6.76. The molecule has 1 aromatic rings. The Morgan fingerprint density at radius 2 is 1.89 bits per heavy atom. The number of nitrogens with zero attached hydrogens (tertiary/aromatic N) is 1. The maximum absolute atomic E-state index is 11.5. The summed E-state index contributed by atoms with van der Waals surface area (Å²) in [4.78, 5) is 24.0. The lowest BCUT2D eigenvalue weighted by atomic mass is 10.1. The Morgan fingerprint density at radius 3 is 2.50 bits per heavy atom. The summed E-state index contributed by atoms with van der Waals surface area (Å²) >= 11 is 0. The molecule has 0 aliphatic heterocycles. The predicted molar refractivity (Wildman–Crippen MR) is 69.5 cm³/mol. The van der Waals surface area contributed by atoms with Crippen LogP contribution in [0, 0.1) is 6.92 Å². The minimum Gasteiger partial charge on any atom is -0.293 e. The zero-order valence-corrected chi connectivity index (χ0v) is 11.0. The Kier molecular flexibility index (Phi) is 5.32. The number of hydrazine groups is 1. The molecule has 0 fully saturated rings. The molecular weight excluding hydrogens is 230 g/mol. The lowest BCUT2D eigenvalue weighted by Crippen LogP contribution is -2.44. The van der Waals surface area contributed by atoms with Gasteiger partial charge in [0.05, 0.1) is 6.54 Å². The Hall–Kier alpha value is -1.88. The molecule has 5 nitrogen and oxygen atoms in total. The molecule has 0 aliphatic rings. The molecular formula is C13H19N3O2. The SMILES string of the molecule is CC(=O)NNC(=O)CN(C)Cc1ccccc1C. The van der Waals surface area contributed by atoms with Crippen LogP contribution < -0.4 is 10.9 Å². The van der Waals surface area contributed by atoms with Crippen LogP contribution in [0.3, 0.4) is 0 Å². The van der Waals surface area contributed by atoms with Crippen molar-refractivity contribution in [2.75, 3.05) is 13.6 Å². The van der Waals surface area contributed by atoms with Crippen molar-refractivity contribution in [3.63, 3.8) is 0 Å². The van der Waals surface area contributed by atoms with Gasteiger partial charge in [-0.25, -0.2) is 0 Å². The first-order valence-corrected chi connectivity index (χ1v) is 5.77. The van der Waals surface area contributed by atoms with E-state index in [0.717, 1.165) is 0 Å². The van der Waals surface area contributed by atoms with E-state index in [4.69, 9.17) is 0 Å². The van der Waals surface area contributed by atoms with Gasteiger partial charge < -0.3 is 0 Å². The minimum absolute atomic E-state index is 0.231. The van der Waals surface area contributed by atoms with Crippen molar-refractivity contribution in [1.29, 1.82) is 0 Å². The van der Waals surface area contributed by atoms with Gasteiger partial charge in [-0.1, -0.05) is 24.3 Å². The highest BCUT2D eigenvalue weighted by molar-refractivity contribution is 5.81. The van der Waals surface area contributed by atoms with Crippen LogP contribution in [-0.2, 0) is 16.1 Å². The Bertz CT molecular complexity index is 432. The fraction of sp³-hybridized carbons (Fsp3) is 0.385. The number of hydrogen-bond acceptors (Lipinski definition) is 3. The molecule has 5 heteroatoms. The molecule has 0 bridgehead atoms. The number of likely N-dealkylation sites (N-methyl/N-ethyl adjacent to an activating group) is 1. The first kappa shape index (κ1) is 14.2. The summed E-state index contributed by atoms with van der Waals surface area (Å²) in [6, 6.07) is 8.05. The quantitative estimate of drug-likeness (QED) is 0.768. The molecule has 0 saturated carbocycles. The zero-order chi connectivity index (χ0) is 13.5. The van der Waals surface area contributed by atoms with E-state index in [1.165, 1.54) is 18.1 Å². The van der Waals surface area contributed by atoms with Gasteiger partial charge in [-0.3, -0.25) is 25.3 Å². The van der Waals surface area contributed by atoms with E-state index < -0.39 is 0 Å². The standard InChI is InChI=1S/C13H19N3O2/c1-10-6-4-5-7-12(10)8-16(3)9-13(18)15-14-11(2)17/h4-7H,8-9H2,1-3H3,(H,14,17)(H,15,18). The van der Waals surface area contributed by atoms with Gasteiger partial charge in [-0.2, -0.15) is 0 Å². The van der Waals surface area contributed by atoms with Gasteiger partial charge in [0.1, 0.15) is 0 Å². The van der Waals surface area contributed by atoms with Gasteiger partial charge in [0.2, 0.25) is 5.91 Å². The number of aryl methyl sites for hydroxylation is 1. The summed E-state index contributed by atoms with van der Waals surface area (Å²) in [6.07, 6.45) is 0. The molecule has 18 heavy (non-hydrogen) atoms. The molecule has 0 heterocycles. The number of amides is 2. The molecule has 98 valence electrons. The summed E-state index contributed by atoms with van der Waals surface area (Å²) in [5.74, 6) is -0.522. The Labute approximate surface area is 107 Å². The van der Waals surface area contributed by atoms with Crippen molar-refractivity contribution in [2.24, 2.45) is 0 Å². The maximum Gasteiger partial charge on any atom is 0.252 e. The van der Waals surface area contributed by atoms with E-state index in [0.29, 0.717) is 6.54 Å². The lowest BCUT2D eigenvalue weighted by molar-refractivity contribution is -0.128. The molecule has 0 unspecified atom stereocenters. The van der Waals surface area contributed by atoms with Gasteiger partial charge >= 0.3 is 0 Å². The van der Waals surface area contributed by atoms with Crippen molar-refractivity contribution < 1.29 is 9.59 Å². The smallest absolute Gasteiger partial charge is 0.252 e. The van der Waals surface area contributed by atoms with Crippen molar-refractivity contribution >= 4 is 11.8 Å². The van der Waals surface area contributed by atoms with E-state index in [9.17, 15) is 9.59 Å². The molecule has 0 atom stereocenters. The van der Waals surface area contributed by atoms with Crippen molar-refractivity contribution in [3.05, 3.63) is 35.4 Å². The van der Waals surface area contributed by atoms with E-state index >= 15 is 0 Å². The van der Waals surface area contributed by atoms with E-state index in [1.807, 2.05) is 43.1 Å². The number of carbonyl (C=O) groups is 2. The van der Waals surface area contributed by atoms with E-state index in [2.05, 4.69) is 10.9 Å². The molecule has 0 radical (unpaired) electrons. The highest BCUT2D eigenvalue weighted by Crippen LogP contribution is 2.08. The largest absolute Gasteiger partial charge is 0.293 e. The summed E-state index contributed by atoms with van der Waals surface area (Å²) in [5, 5.41) is 0. The number of hydrogen-bond donors (Lipinski definition) is 2. The number of rotatable bonds is 4. The second-order valence-corrected chi connectivity index (χ2v) is 4.33. The molecule has 2 N–H and O–H groups in total. The zero-order valence-electron chi connectivity index (χ0n) is 11.0. The van der Waals surface area contributed by atoms with E-state index in [-0.39, 0.29) is 18.4 Å². The highest BCUT2D eigenvalue weighted by atomic mass is 16.2. The molecule has 1 aromatic carbocycles. The lowest BCUT2D eigenvalue weighted by Gasteiger charge is -2.17. The van der Waals surface area contributed by atoms with Crippen LogP contribution in [-0.4, -0.2) is 30.3 Å². The summed E-state index contributed by atoms with van der Waals surface area (Å²) in [5.41, 5.74) is 6.98. The van der Waals surface area contributed by atoms with Crippen LogP contribution in [0.4, 0.5) is 0 Å². The molecule has 0 spiro atoms.